The maximum Gasteiger partial charge on any atom is 0.337 e. The van der Waals surface area contributed by atoms with Crippen molar-refractivity contribution in [2.45, 2.75) is 13.3 Å². The lowest BCUT2D eigenvalue weighted by Gasteiger charge is -2.10. The van der Waals surface area contributed by atoms with E-state index < -0.39 is 12.0 Å². The smallest absolute Gasteiger partial charge is 0.337 e. The molecule has 102 valence electrons. The summed E-state index contributed by atoms with van der Waals surface area (Å²) in [6.45, 7) is 2.71. The number of anilines is 1. The molecule has 1 aromatic carbocycles. The molecule has 4 N–H and O–H groups in total. The number of amides is 2. The largest absolute Gasteiger partial charge is 0.508 e. The van der Waals surface area contributed by atoms with Crippen molar-refractivity contribution in [2.75, 3.05) is 11.9 Å². The number of carbonyl (C=O) groups is 2. The number of nitrogens with one attached hydrogen (secondary N) is 2. The predicted molar refractivity (Wildman–Crippen MR) is 69.4 cm³/mol. The van der Waals surface area contributed by atoms with E-state index in [1.165, 1.54) is 12.1 Å². The summed E-state index contributed by atoms with van der Waals surface area (Å²) >= 11 is 0. The Morgan fingerprint density at radius 2 is 2.11 bits per heavy atom. The Kier molecular flexibility index (Phi) is 3.59. The zero-order valence-electron chi connectivity index (χ0n) is 10.5. The lowest BCUT2D eigenvalue weighted by atomic mass is 10.1. The molecule has 2 atom stereocenters. The molecule has 1 aromatic rings. The third kappa shape index (κ3) is 3.37. The van der Waals surface area contributed by atoms with E-state index in [2.05, 4.69) is 17.6 Å². The quantitative estimate of drug-likeness (QED) is 0.624. The molecule has 0 aliphatic heterocycles. The van der Waals surface area contributed by atoms with Crippen molar-refractivity contribution in [3.63, 3.8) is 0 Å². The summed E-state index contributed by atoms with van der Waals surface area (Å²) in [5.41, 5.74) is 0.0154. The molecule has 1 fully saturated rings. The Morgan fingerprint density at radius 3 is 2.68 bits per heavy atom. The van der Waals surface area contributed by atoms with Gasteiger partial charge in [0, 0.05) is 6.54 Å². The van der Waals surface area contributed by atoms with Gasteiger partial charge in [0.05, 0.1) is 11.3 Å². The fourth-order valence-corrected chi connectivity index (χ4v) is 1.89. The van der Waals surface area contributed by atoms with Crippen LogP contribution in [0.5, 0.6) is 5.75 Å². The normalized spacial score (nSPS) is 20.7. The number of rotatable bonds is 4. The number of aromatic hydroxyl groups is 1. The summed E-state index contributed by atoms with van der Waals surface area (Å²) < 4.78 is 0. The maximum atomic E-state index is 11.6. The molecule has 19 heavy (non-hydrogen) atoms. The number of aromatic carboxylic acids is 1. The average molecular weight is 264 g/mol. The van der Waals surface area contributed by atoms with Gasteiger partial charge in [0.25, 0.3) is 0 Å². The van der Waals surface area contributed by atoms with Crippen LogP contribution in [0.25, 0.3) is 0 Å². The van der Waals surface area contributed by atoms with E-state index in [4.69, 9.17) is 5.11 Å². The van der Waals surface area contributed by atoms with E-state index in [0.29, 0.717) is 18.4 Å². The van der Waals surface area contributed by atoms with Crippen LogP contribution in [-0.2, 0) is 0 Å². The lowest BCUT2D eigenvalue weighted by molar-refractivity contribution is 0.0697. The lowest BCUT2D eigenvalue weighted by Crippen LogP contribution is -2.31. The number of urea groups is 1. The second-order valence-electron chi connectivity index (χ2n) is 4.84. The highest BCUT2D eigenvalue weighted by molar-refractivity contribution is 6.00. The molecule has 6 heteroatoms. The standard InChI is InChI=1S/C13H16N2O4/c1-7-4-8(7)6-14-13(19)15-11-3-2-9(16)5-10(11)12(17)18/h2-3,5,7-8,16H,4,6H2,1H3,(H,17,18)(H2,14,15,19). The predicted octanol–water partition coefficient (Wildman–Crippen LogP) is 1.87. The minimum absolute atomic E-state index is 0.144. The first-order valence-electron chi connectivity index (χ1n) is 6.08. The number of carboxylic acid groups (broad SMARTS) is 1. The molecular formula is C13H16N2O4. The van der Waals surface area contributed by atoms with Crippen molar-refractivity contribution in [1.29, 1.82) is 0 Å². The monoisotopic (exact) mass is 264 g/mol. The topological polar surface area (TPSA) is 98.7 Å². The van der Waals surface area contributed by atoms with Crippen LogP contribution in [0, 0.1) is 11.8 Å². The van der Waals surface area contributed by atoms with E-state index in [1.807, 2.05) is 0 Å². The number of phenolic OH excluding ortho intramolecular Hbond substituents is 1. The Hall–Kier alpha value is -2.24. The van der Waals surface area contributed by atoms with Gasteiger partial charge in [-0.3, -0.25) is 0 Å². The minimum atomic E-state index is -1.21. The summed E-state index contributed by atoms with van der Waals surface area (Å²) in [7, 11) is 0. The first-order valence-corrected chi connectivity index (χ1v) is 6.08. The van der Waals surface area contributed by atoms with Crippen LogP contribution >= 0.6 is 0 Å². The van der Waals surface area contributed by atoms with Gasteiger partial charge < -0.3 is 20.8 Å². The SMILES string of the molecule is CC1CC1CNC(=O)Nc1ccc(O)cc1C(=O)O. The van der Waals surface area contributed by atoms with Crippen LogP contribution in [0.3, 0.4) is 0 Å². The molecule has 0 radical (unpaired) electrons. The molecule has 6 nitrogen and oxygen atoms in total. The Morgan fingerprint density at radius 1 is 1.42 bits per heavy atom. The zero-order valence-corrected chi connectivity index (χ0v) is 10.5. The van der Waals surface area contributed by atoms with Gasteiger partial charge in [0.1, 0.15) is 5.75 Å². The zero-order chi connectivity index (χ0) is 14.0. The maximum absolute atomic E-state index is 11.6. The van der Waals surface area contributed by atoms with E-state index >= 15 is 0 Å². The Balaban J connectivity index is 1.97. The highest BCUT2D eigenvalue weighted by Gasteiger charge is 2.32. The number of carboxylic acids is 1. The van der Waals surface area contributed by atoms with Crippen molar-refractivity contribution in [3.8, 4) is 5.75 Å². The fraction of sp³-hybridized carbons (Fsp3) is 0.385. The van der Waals surface area contributed by atoms with Gasteiger partial charge in [-0.1, -0.05) is 6.92 Å². The summed E-state index contributed by atoms with van der Waals surface area (Å²) in [5, 5.41) is 23.4. The molecule has 1 aliphatic carbocycles. The highest BCUT2D eigenvalue weighted by Crippen LogP contribution is 2.36. The molecule has 0 spiro atoms. The summed E-state index contributed by atoms with van der Waals surface area (Å²) in [4.78, 5) is 22.6. The van der Waals surface area contributed by atoms with Gasteiger partial charge in [-0.15, -0.1) is 0 Å². The van der Waals surface area contributed by atoms with Crippen LogP contribution in [0.15, 0.2) is 18.2 Å². The van der Waals surface area contributed by atoms with Crippen LogP contribution in [-0.4, -0.2) is 28.8 Å². The molecule has 2 amide bonds. The third-order valence-electron chi connectivity index (χ3n) is 3.28. The van der Waals surface area contributed by atoms with Crippen molar-refractivity contribution < 1.29 is 19.8 Å². The van der Waals surface area contributed by atoms with Crippen LogP contribution in [0.1, 0.15) is 23.7 Å². The van der Waals surface area contributed by atoms with Crippen molar-refractivity contribution >= 4 is 17.7 Å². The average Bonchev–Trinajstić information content (AvgIpc) is 3.05. The molecule has 0 aromatic heterocycles. The summed E-state index contributed by atoms with van der Waals surface area (Å²) in [5.74, 6) is -0.203. The van der Waals surface area contributed by atoms with Gasteiger partial charge in [-0.2, -0.15) is 0 Å². The number of hydrogen-bond donors (Lipinski definition) is 4. The van der Waals surface area contributed by atoms with E-state index in [1.54, 1.807) is 0 Å². The first-order chi connectivity index (χ1) is 8.97. The number of phenols is 1. The van der Waals surface area contributed by atoms with E-state index in [0.717, 1.165) is 12.5 Å². The minimum Gasteiger partial charge on any atom is -0.508 e. The Bertz CT molecular complexity index is 515. The van der Waals surface area contributed by atoms with Gasteiger partial charge in [0.2, 0.25) is 0 Å². The van der Waals surface area contributed by atoms with Crippen molar-refractivity contribution in [1.82, 2.24) is 5.32 Å². The van der Waals surface area contributed by atoms with Crippen LogP contribution < -0.4 is 10.6 Å². The van der Waals surface area contributed by atoms with E-state index in [-0.39, 0.29) is 17.0 Å². The summed E-state index contributed by atoms with van der Waals surface area (Å²) in [6, 6.07) is 3.34. The Labute approximate surface area is 110 Å². The second-order valence-corrected chi connectivity index (χ2v) is 4.84. The van der Waals surface area contributed by atoms with Crippen LogP contribution in [0.4, 0.5) is 10.5 Å². The number of hydrogen-bond acceptors (Lipinski definition) is 3. The number of carbonyl (C=O) groups excluding carboxylic acids is 1. The van der Waals surface area contributed by atoms with Gasteiger partial charge in [0.15, 0.2) is 0 Å². The van der Waals surface area contributed by atoms with Gasteiger partial charge in [-0.05, 0) is 36.5 Å². The fourth-order valence-electron chi connectivity index (χ4n) is 1.89. The van der Waals surface area contributed by atoms with Crippen molar-refractivity contribution in [2.24, 2.45) is 11.8 Å². The first kappa shape index (κ1) is 13.2. The number of benzene rings is 1. The summed E-state index contributed by atoms with van der Waals surface area (Å²) in [6.07, 6.45) is 1.11. The molecule has 2 rings (SSSR count). The second kappa shape index (κ2) is 5.17. The van der Waals surface area contributed by atoms with Crippen molar-refractivity contribution in [3.05, 3.63) is 23.8 Å². The van der Waals surface area contributed by atoms with E-state index in [9.17, 15) is 14.7 Å². The molecule has 1 saturated carbocycles. The molecule has 0 heterocycles. The molecule has 2 unspecified atom stereocenters. The third-order valence-corrected chi connectivity index (χ3v) is 3.28. The molecule has 1 aliphatic rings. The van der Waals surface area contributed by atoms with Gasteiger partial charge >= 0.3 is 12.0 Å². The highest BCUT2D eigenvalue weighted by atomic mass is 16.4. The van der Waals surface area contributed by atoms with Gasteiger partial charge in [-0.25, -0.2) is 9.59 Å². The molecule has 0 saturated heterocycles. The molecule has 0 bridgehead atoms. The van der Waals surface area contributed by atoms with Crippen LogP contribution in [0.2, 0.25) is 0 Å². The molecular weight excluding hydrogens is 248 g/mol.